The third-order valence-electron chi connectivity index (χ3n) is 11.4. The van der Waals surface area contributed by atoms with Gasteiger partial charge in [-0.1, -0.05) is 165 Å². The topological polar surface area (TPSA) is 250 Å². The molecule has 0 bridgehead atoms. The summed E-state index contributed by atoms with van der Waals surface area (Å²) in [6.07, 6.45) is 24.5. The van der Waals surface area contributed by atoms with E-state index in [9.17, 15) is 54.8 Å². The summed E-state index contributed by atoms with van der Waals surface area (Å²) >= 11 is 0. The molecule has 378 valence electrons. The minimum absolute atomic E-state index is 0.0669. The van der Waals surface area contributed by atoms with Gasteiger partial charge in [0, 0.05) is 12.8 Å². The molecule has 8 N–H and O–H groups in total. The molecule has 0 aliphatic heterocycles. The molecule has 1 aliphatic carbocycles. The van der Waals surface area contributed by atoms with Crippen LogP contribution in [0.25, 0.3) is 0 Å². The van der Waals surface area contributed by atoms with E-state index in [2.05, 4.69) is 38.2 Å². The number of unbranched alkanes of at least 4 members (excludes halogenated alkanes) is 16. The zero-order valence-electron chi connectivity index (χ0n) is 39.5. The largest absolute Gasteiger partial charge is 0.472 e. The highest BCUT2D eigenvalue weighted by molar-refractivity contribution is 7.47. The molecule has 3 unspecified atom stereocenters. The fraction of sp³-hybridized carbons (Fsp3) is 0.796. The third-order valence-corrected chi connectivity index (χ3v) is 12.4. The van der Waals surface area contributed by atoms with E-state index in [1.807, 2.05) is 18.2 Å². The Morgan fingerprint density at radius 2 is 0.969 bits per heavy atom. The van der Waals surface area contributed by atoms with Crippen molar-refractivity contribution in [1.82, 2.24) is 0 Å². The number of phosphoric ester groups is 1. The van der Waals surface area contributed by atoms with Crippen LogP contribution in [-0.4, -0.2) is 121 Å². The highest BCUT2D eigenvalue weighted by atomic mass is 31.2. The summed E-state index contributed by atoms with van der Waals surface area (Å²) in [6, 6.07) is 0. The van der Waals surface area contributed by atoms with Crippen LogP contribution in [-0.2, 0) is 32.7 Å². The predicted molar refractivity (Wildman–Crippen MR) is 251 cm³/mol. The van der Waals surface area contributed by atoms with Crippen LogP contribution in [0.2, 0.25) is 0 Å². The average molecular weight is 947 g/mol. The summed E-state index contributed by atoms with van der Waals surface area (Å²) in [4.78, 5) is 35.8. The first-order chi connectivity index (χ1) is 31.2. The maximum atomic E-state index is 12.8. The first-order valence-corrected chi connectivity index (χ1v) is 26.1. The maximum absolute atomic E-state index is 12.8. The highest BCUT2D eigenvalue weighted by Gasteiger charge is 2.51. The van der Waals surface area contributed by atoms with E-state index in [1.165, 1.54) is 77.0 Å². The second kappa shape index (κ2) is 38.7. The van der Waals surface area contributed by atoms with Crippen molar-refractivity contribution in [2.45, 2.75) is 236 Å². The van der Waals surface area contributed by atoms with Gasteiger partial charge in [-0.15, -0.1) is 0 Å². The lowest BCUT2D eigenvalue weighted by atomic mass is 9.85. The van der Waals surface area contributed by atoms with Crippen LogP contribution in [0.5, 0.6) is 0 Å². The van der Waals surface area contributed by atoms with Gasteiger partial charge in [-0.25, -0.2) is 4.57 Å². The predicted octanol–water partition coefficient (Wildman–Crippen LogP) is 7.89. The van der Waals surface area contributed by atoms with Gasteiger partial charge >= 0.3 is 19.8 Å². The Morgan fingerprint density at radius 3 is 1.46 bits per heavy atom. The lowest BCUT2D eigenvalue weighted by Gasteiger charge is -2.41. The Bertz CT molecular complexity index is 1360. The van der Waals surface area contributed by atoms with Crippen molar-refractivity contribution in [3.63, 3.8) is 0 Å². The lowest BCUT2D eigenvalue weighted by molar-refractivity contribution is -0.220. The fourth-order valence-corrected chi connectivity index (χ4v) is 8.29. The molecule has 0 radical (unpaired) electrons. The van der Waals surface area contributed by atoms with Crippen LogP contribution < -0.4 is 0 Å². The molecule has 1 aliphatic rings. The second-order valence-electron chi connectivity index (χ2n) is 17.3. The summed E-state index contributed by atoms with van der Waals surface area (Å²) in [5, 5.41) is 71.0. The van der Waals surface area contributed by atoms with E-state index in [0.717, 1.165) is 44.9 Å². The molecule has 0 spiro atoms. The van der Waals surface area contributed by atoms with Gasteiger partial charge in [-0.3, -0.25) is 18.6 Å². The van der Waals surface area contributed by atoms with Crippen molar-refractivity contribution in [2.75, 3.05) is 13.2 Å². The van der Waals surface area contributed by atoms with Crippen molar-refractivity contribution < 1.29 is 73.3 Å². The summed E-state index contributed by atoms with van der Waals surface area (Å²) in [7, 11) is -5.20. The van der Waals surface area contributed by atoms with Crippen molar-refractivity contribution in [3.05, 3.63) is 48.6 Å². The first-order valence-electron chi connectivity index (χ1n) is 24.6. The number of phosphoric acid groups is 1. The normalized spacial score (nSPS) is 22.8. The molecule has 0 aromatic carbocycles. The molecular formula is C49H87O15P. The molecule has 1 saturated carbocycles. The fourth-order valence-electron chi connectivity index (χ4n) is 7.32. The number of hydrogen-bond acceptors (Lipinski definition) is 14. The Morgan fingerprint density at radius 1 is 0.538 bits per heavy atom. The van der Waals surface area contributed by atoms with Crippen molar-refractivity contribution in [2.24, 2.45) is 0 Å². The van der Waals surface area contributed by atoms with Gasteiger partial charge < -0.3 is 50.1 Å². The summed E-state index contributed by atoms with van der Waals surface area (Å²) in [5.41, 5.74) is 0. The van der Waals surface area contributed by atoms with Crippen molar-refractivity contribution in [3.8, 4) is 0 Å². The molecule has 16 heteroatoms. The maximum Gasteiger partial charge on any atom is 0.472 e. The SMILES string of the molecule is CC/C=C\C/C=C\C/C=C\C/C=C\C[C@@H](O)[C@H](O)CCCC(=O)O[C@H](COC(=O)CCCCCCCCCCCCCCCCCCC)COP(=O)(O)OC1[C@H](O)[C@H](O)C(O)[C@H](O)[C@H]1O. The molecule has 1 fully saturated rings. The molecule has 0 heterocycles. The van der Waals surface area contributed by atoms with Crippen molar-refractivity contribution >= 4 is 19.8 Å². The molecule has 0 aromatic rings. The van der Waals surface area contributed by atoms with Crippen LogP contribution in [0, 0.1) is 0 Å². The molecule has 1 rings (SSSR count). The zero-order valence-corrected chi connectivity index (χ0v) is 40.4. The minimum atomic E-state index is -5.20. The van der Waals surface area contributed by atoms with Gasteiger partial charge in [0.15, 0.2) is 6.10 Å². The standard InChI is InChI=1S/C49H87O15P/c1-3-5-7-9-11-13-15-17-18-19-20-21-23-25-27-29-31-35-42(52)61-37-39(38-62-65(59,60)64-49-47(57)45(55)44(54)46(56)48(49)58)63-43(53)36-32-34-41(51)40(50)33-30-28-26-24-22-16-14-12-10-8-6-4-2/h6,8,12,14,22,24,28,30,39-41,44-51,54-58H,3-5,7,9-11,13,15-21,23,25-27,29,31-38H2,1-2H3,(H,59,60)/b8-6-,14-12-,24-22-,30-28-/t39-,40-,41-,44?,45-,46+,47-,48-,49?/m1/s1. The lowest BCUT2D eigenvalue weighted by Crippen LogP contribution is -2.64. The van der Waals surface area contributed by atoms with E-state index < -0.39 is 87.9 Å². The van der Waals surface area contributed by atoms with Crippen LogP contribution in [0.3, 0.4) is 0 Å². The molecule has 15 nitrogen and oxygen atoms in total. The van der Waals surface area contributed by atoms with Gasteiger partial charge in [-0.2, -0.15) is 0 Å². The minimum Gasteiger partial charge on any atom is -0.462 e. The molecule has 0 amide bonds. The van der Waals surface area contributed by atoms with E-state index in [-0.39, 0.29) is 32.1 Å². The summed E-state index contributed by atoms with van der Waals surface area (Å²) < 4.78 is 33.4. The molecule has 0 aromatic heterocycles. The van der Waals surface area contributed by atoms with E-state index in [1.54, 1.807) is 6.08 Å². The number of esters is 2. The Hall–Kier alpha value is -2.27. The van der Waals surface area contributed by atoms with Gasteiger partial charge in [-0.05, 0) is 51.4 Å². The van der Waals surface area contributed by atoms with E-state index in [4.69, 9.17) is 18.5 Å². The summed E-state index contributed by atoms with van der Waals surface area (Å²) in [5.74, 6) is -1.38. The van der Waals surface area contributed by atoms with Gasteiger partial charge in [0.25, 0.3) is 0 Å². The summed E-state index contributed by atoms with van der Waals surface area (Å²) in [6.45, 7) is 2.95. The van der Waals surface area contributed by atoms with Crippen molar-refractivity contribution in [1.29, 1.82) is 0 Å². The number of ether oxygens (including phenoxy) is 2. The molecule has 0 saturated heterocycles. The Balaban J connectivity index is 2.54. The average Bonchev–Trinajstić information content (AvgIpc) is 3.28. The van der Waals surface area contributed by atoms with Crippen LogP contribution in [0.1, 0.15) is 181 Å². The first kappa shape index (κ1) is 60.7. The number of carbonyl (C=O) groups is 2. The number of allylic oxidation sites excluding steroid dienone is 7. The molecule has 65 heavy (non-hydrogen) atoms. The van der Waals surface area contributed by atoms with E-state index in [0.29, 0.717) is 12.8 Å². The Kier molecular flexibility index (Phi) is 36.1. The van der Waals surface area contributed by atoms with Crippen LogP contribution in [0.15, 0.2) is 48.6 Å². The zero-order chi connectivity index (χ0) is 48.1. The van der Waals surface area contributed by atoms with Gasteiger partial charge in [0.05, 0.1) is 18.8 Å². The third kappa shape index (κ3) is 30.7. The van der Waals surface area contributed by atoms with Crippen LogP contribution >= 0.6 is 7.82 Å². The highest BCUT2D eigenvalue weighted by Crippen LogP contribution is 2.47. The number of hydrogen-bond donors (Lipinski definition) is 8. The molecule has 10 atom stereocenters. The molecular weight excluding hydrogens is 859 g/mol. The quantitative estimate of drug-likeness (QED) is 0.0126. The number of carbonyl (C=O) groups excluding carboxylic acids is 2. The van der Waals surface area contributed by atoms with Gasteiger partial charge in [0.1, 0.15) is 43.2 Å². The second-order valence-corrected chi connectivity index (χ2v) is 18.7. The monoisotopic (exact) mass is 947 g/mol. The number of rotatable bonds is 40. The van der Waals surface area contributed by atoms with Crippen LogP contribution in [0.4, 0.5) is 0 Å². The smallest absolute Gasteiger partial charge is 0.462 e. The number of aliphatic hydroxyl groups excluding tert-OH is 7. The van der Waals surface area contributed by atoms with Gasteiger partial charge in [0.2, 0.25) is 0 Å². The number of aliphatic hydroxyl groups is 7. The van der Waals surface area contributed by atoms with E-state index >= 15 is 0 Å². The Labute approximate surface area is 389 Å².